The highest BCUT2D eigenvalue weighted by molar-refractivity contribution is 5.79. The molecule has 0 fully saturated rings. The summed E-state index contributed by atoms with van der Waals surface area (Å²) in [6.07, 6.45) is 7.57. The molecule has 1 rings (SSSR count). The number of carbonyl (C=O) groups excluding carboxylic acids is 1. The molecule has 0 spiro atoms. The normalized spacial score (nSPS) is 11.4. The average Bonchev–Trinajstić information content (AvgIpc) is 2.58. The molecule has 142 valence electrons. The Bertz CT molecular complexity index is 482. The van der Waals surface area contributed by atoms with E-state index < -0.39 is 5.60 Å². The number of esters is 1. The maximum absolute atomic E-state index is 11.9. The van der Waals surface area contributed by atoms with Crippen LogP contribution in [-0.2, 0) is 16.0 Å². The molecule has 1 aromatic rings. The Morgan fingerprint density at radius 3 is 2.32 bits per heavy atom. The van der Waals surface area contributed by atoms with E-state index in [1.54, 1.807) is 20.8 Å². The van der Waals surface area contributed by atoms with Crippen molar-refractivity contribution in [2.24, 2.45) is 0 Å². The largest absolute Gasteiger partial charge is 0.476 e. The number of nitrogens with one attached hydrogen (secondary N) is 1. The zero-order chi connectivity index (χ0) is 18.5. The second-order valence-electron chi connectivity index (χ2n) is 6.89. The van der Waals surface area contributed by atoms with E-state index in [-0.39, 0.29) is 5.97 Å². The van der Waals surface area contributed by atoms with Crippen LogP contribution in [0.2, 0.25) is 0 Å². The third kappa shape index (κ3) is 8.92. The minimum atomic E-state index is -0.975. The van der Waals surface area contributed by atoms with Crippen molar-refractivity contribution in [2.75, 3.05) is 19.7 Å². The molecule has 0 aliphatic heterocycles. The van der Waals surface area contributed by atoms with Gasteiger partial charge in [-0.15, -0.1) is 0 Å². The first-order valence-corrected chi connectivity index (χ1v) is 9.65. The zero-order valence-electron chi connectivity index (χ0n) is 16.4. The van der Waals surface area contributed by atoms with Crippen LogP contribution in [0.15, 0.2) is 24.3 Å². The predicted octanol–water partition coefficient (Wildman–Crippen LogP) is 4.51. The Labute approximate surface area is 153 Å². The van der Waals surface area contributed by atoms with E-state index in [1.165, 1.54) is 37.7 Å². The van der Waals surface area contributed by atoms with Crippen LogP contribution in [0.5, 0.6) is 5.75 Å². The molecule has 4 nitrogen and oxygen atoms in total. The molecule has 0 aromatic heterocycles. The summed E-state index contributed by atoms with van der Waals surface area (Å²) >= 11 is 0. The minimum absolute atomic E-state index is 0.345. The quantitative estimate of drug-likeness (QED) is 0.420. The first-order valence-electron chi connectivity index (χ1n) is 9.65. The van der Waals surface area contributed by atoms with Crippen molar-refractivity contribution in [3.8, 4) is 5.75 Å². The molecule has 0 heterocycles. The Hall–Kier alpha value is -1.55. The third-order valence-corrected chi connectivity index (χ3v) is 4.11. The number of benzene rings is 1. The highest BCUT2D eigenvalue weighted by atomic mass is 16.6. The van der Waals surface area contributed by atoms with E-state index in [4.69, 9.17) is 9.47 Å². The van der Waals surface area contributed by atoms with Gasteiger partial charge in [0.1, 0.15) is 5.75 Å². The van der Waals surface area contributed by atoms with Crippen molar-refractivity contribution in [1.82, 2.24) is 5.32 Å². The van der Waals surface area contributed by atoms with Crippen LogP contribution >= 0.6 is 0 Å². The summed E-state index contributed by atoms with van der Waals surface area (Å²) in [6, 6.07) is 7.95. The van der Waals surface area contributed by atoms with Crippen LogP contribution in [0.4, 0.5) is 0 Å². The summed E-state index contributed by atoms with van der Waals surface area (Å²) in [5, 5.41) is 3.50. The van der Waals surface area contributed by atoms with Crippen LogP contribution in [-0.4, -0.2) is 31.3 Å². The Morgan fingerprint density at radius 1 is 1.00 bits per heavy atom. The van der Waals surface area contributed by atoms with Crippen molar-refractivity contribution in [3.05, 3.63) is 29.8 Å². The van der Waals surface area contributed by atoms with Crippen molar-refractivity contribution in [1.29, 1.82) is 0 Å². The van der Waals surface area contributed by atoms with Gasteiger partial charge in [0.2, 0.25) is 0 Å². The SMILES string of the molecule is CCCCCCCNCCc1ccc(OC(C)(C)C(=O)OCC)cc1. The average molecular weight is 350 g/mol. The second-order valence-corrected chi connectivity index (χ2v) is 6.89. The molecule has 0 bridgehead atoms. The molecule has 0 saturated heterocycles. The lowest BCUT2D eigenvalue weighted by atomic mass is 10.1. The fourth-order valence-electron chi connectivity index (χ4n) is 2.58. The lowest BCUT2D eigenvalue weighted by Gasteiger charge is -2.24. The number of unbranched alkanes of at least 4 members (excludes halogenated alkanes) is 4. The summed E-state index contributed by atoms with van der Waals surface area (Å²) in [5.74, 6) is 0.341. The van der Waals surface area contributed by atoms with Crippen LogP contribution in [0.1, 0.15) is 65.4 Å². The molecule has 25 heavy (non-hydrogen) atoms. The smallest absolute Gasteiger partial charge is 0.349 e. The summed E-state index contributed by atoms with van der Waals surface area (Å²) < 4.78 is 10.8. The van der Waals surface area contributed by atoms with Crippen molar-refractivity contribution in [2.45, 2.75) is 71.8 Å². The first-order chi connectivity index (χ1) is 12.0. The fourth-order valence-corrected chi connectivity index (χ4v) is 2.58. The number of hydrogen-bond donors (Lipinski definition) is 1. The summed E-state index contributed by atoms with van der Waals surface area (Å²) in [5.41, 5.74) is 0.288. The van der Waals surface area contributed by atoms with E-state index in [0.29, 0.717) is 12.4 Å². The van der Waals surface area contributed by atoms with Gasteiger partial charge in [-0.3, -0.25) is 0 Å². The van der Waals surface area contributed by atoms with Crippen molar-refractivity contribution in [3.63, 3.8) is 0 Å². The predicted molar refractivity (Wildman–Crippen MR) is 103 cm³/mol. The molecule has 0 radical (unpaired) electrons. The van der Waals surface area contributed by atoms with Gasteiger partial charge >= 0.3 is 5.97 Å². The van der Waals surface area contributed by atoms with Gasteiger partial charge in [0.05, 0.1) is 6.61 Å². The molecule has 1 N–H and O–H groups in total. The molecule has 0 saturated carbocycles. The van der Waals surface area contributed by atoms with Gasteiger partial charge in [0.15, 0.2) is 5.60 Å². The summed E-state index contributed by atoms with van der Waals surface area (Å²) in [6.45, 7) is 9.93. The van der Waals surface area contributed by atoms with Crippen LogP contribution in [0.25, 0.3) is 0 Å². The molecule has 0 amide bonds. The molecular weight excluding hydrogens is 314 g/mol. The Morgan fingerprint density at radius 2 is 1.68 bits per heavy atom. The highest BCUT2D eigenvalue weighted by Gasteiger charge is 2.31. The lowest BCUT2D eigenvalue weighted by Crippen LogP contribution is -2.39. The maximum atomic E-state index is 11.9. The molecule has 0 aliphatic rings. The van der Waals surface area contributed by atoms with Crippen LogP contribution in [0.3, 0.4) is 0 Å². The topological polar surface area (TPSA) is 47.6 Å². The number of ether oxygens (including phenoxy) is 2. The van der Waals surface area contributed by atoms with Crippen LogP contribution < -0.4 is 10.1 Å². The monoisotopic (exact) mass is 349 g/mol. The van der Waals surface area contributed by atoms with E-state index in [0.717, 1.165) is 19.5 Å². The zero-order valence-corrected chi connectivity index (χ0v) is 16.4. The molecule has 0 unspecified atom stereocenters. The molecule has 1 aromatic carbocycles. The minimum Gasteiger partial charge on any atom is -0.476 e. The van der Waals surface area contributed by atoms with Crippen LogP contribution in [0, 0.1) is 0 Å². The van der Waals surface area contributed by atoms with E-state index in [1.807, 2.05) is 12.1 Å². The highest BCUT2D eigenvalue weighted by Crippen LogP contribution is 2.20. The molecular formula is C21H35NO3. The summed E-state index contributed by atoms with van der Waals surface area (Å²) in [4.78, 5) is 11.9. The number of hydrogen-bond acceptors (Lipinski definition) is 4. The molecule has 0 aliphatic carbocycles. The van der Waals surface area contributed by atoms with E-state index in [9.17, 15) is 4.79 Å². The van der Waals surface area contributed by atoms with Gasteiger partial charge in [0, 0.05) is 0 Å². The standard InChI is InChI=1S/C21H35NO3/c1-5-7-8-9-10-16-22-17-15-18-11-13-19(14-12-18)25-21(3,4)20(23)24-6-2/h11-14,22H,5-10,15-17H2,1-4H3. The first kappa shape index (κ1) is 21.5. The Kier molecular flexibility index (Phi) is 10.2. The second kappa shape index (κ2) is 11.9. The number of rotatable bonds is 13. The molecule has 4 heteroatoms. The van der Waals surface area contributed by atoms with Gasteiger partial charge in [-0.1, -0.05) is 44.7 Å². The molecule has 0 atom stereocenters. The van der Waals surface area contributed by atoms with Gasteiger partial charge in [-0.2, -0.15) is 0 Å². The lowest BCUT2D eigenvalue weighted by molar-refractivity contribution is -0.158. The van der Waals surface area contributed by atoms with Gasteiger partial charge in [-0.05, 0) is 64.4 Å². The maximum Gasteiger partial charge on any atom is 0.349 e. The van der Waals surface area contributed by atoms with Gasteiger partial charge < -0.3 is 14.8 Å². The van der Waals surface area contributed by atoms with Crippen molar-refractivity contribution < 1.29 is 14.3 Å². The number of carbonyl (C=O) groups is 1. The van der Waals surface area contributed by atoms with E-state index in [2.05, 4.69) is 24.4 Å². The Balaban J connectivity index is 2.28. The third-order valence-electron chi connectivity index (χ3n) is 4.11. The van der Waals surface area contributed by atoms with E-state index >= 15 is 0 Å². The van der Waals surface area contributed by atoms with Gasteiger partial charge in [-0.25, -0.2) is 4.79 Å². The fraction of sp³-hybridized carbons (Fsp3) is 0.667. The summed E-state index contributed by atoms with van der Waals surface area (Å²) in [7, 11) is 0. The van der Waals surface area contributed by atoms with Crippen molar-refractivity contribution >= 4 is 5.97 Å². The van der Waals surface area contributed by atoms with Gasteiger partial charge in [0.25, 0.3) is 0 Å².